The van der Waals surface area contributed by atoms with Gasteiger partial charge < -0.3 is 5.32 Å². The number of benzene rings is 2. The van der Waals surface area contributed by atoms with Crippen LogP contribution in [0, 0.1) is 0 Å². The molecule has 0 radical (unpaired) electrons. The van der Waals surface area contributed by atoms with Crippen LogP contribution in [0.2, 0.25) is 0 Å². The van der Waals surface area contributed by atoms with Crippen LogP contribution in [0.25, 0.3) is 22.2 Å². The Bertz CT molecular complexity index is 727. The zero-order valence-corrected chi connectivity index (χ0v) is 16.0. The number of hydrogen-bond acceptors (Lipinski definition) is 2. The summed E-state index contributed by atoms with van der Waals surface area (Å²) in [6.45, 7) is 4.30. The Balaban J connectivity index is 0.00000121. The number of rotatable bonds is 3. The highest BCUT2D eigenvalue weighted by atomic mass is 79.9. The van der Waals surface area contributed by atoms with Crippen LogP contribution < -0.4 is 5.32 Å². The first-order valence-corrected chi connectivity index (χ1v) is 6.96. The second kappa shape index (κ2) is 8.30. The summed E-state index contributed by atoms with van der Waals surface area (Å²) in [7, 11) is 0. The van der Waals surface area contributed by atoms with Crippen molar-refractivity contribution in [2.24, 2.45) is 0 Å². The topological polar surface area (TPSA) is 24.9 Å². The predicted molar refractivity (Wildman–Crippen MR) is 107 cm³/mol. The van der Waals surface area contributed by atoms with Crippen LogP contribution in [-0.2, 0) is 0 Å². The fourth-order valence-electron chi connectivity index (χ4n) is 2.36. The van der Waals surface area contributed by atoms with Gasteiger partial charge in [0.2, 0.25) is 0 Å². The average molecular weight is 424 g/mol. The Labute approximate surface area is 152 Å². The molecule has 0 saturated heterocycles. The summed E-state index contributed by atoms with van der Waals surface area (Å²) >= 11 is 0. The molecule has 0 spiro atoms. The molecule has 1 heterocycles. The smallest absolute Gasteiger partial charge is 0.0730 e. The minimum absolute atomic E-state index is 0. The standard InChI is InChI=1S/C18H18N2.2BrH/c1-13(2)19-18-12-17(14-8-4-3-5-9-14)20-16-11-7-6-10-15(16)18;;/h3-13H,1-2H3,(H,19,20);2*1H. The number of halogens is 2. The molecule has 1 N–H and O–H groups in total. The molecule has 22 heavy (non-hydrogen) atoms. The molecule has 0 aliphatic heterocycles. The number of fused-ring (bicyclic) bond motifs is 1. The minimum Gasteiger partial charge on any atom is -0.382 e. The lowest BCUT2D eigenvalue weighted by molar-refractivity contribution is 0.901. The number of nitrogens with zero attached hydrogens (tertiary/aromatic N) is 1. The van der Waals surface area contributed by atoms with Crippen LogP contribution in [0.15, 0.2) is 60.7 Å². The van der Waals surface area contributed by atoms with E-state index in [9.17, 15) is 0 Å². The molecule has 116 valence electrons. The monoisotopic (exact) mass is 422 g/mol. The third kappa shape index (κ3) is 4.08. The maximum Gasteiger partial charge on any atom is 0.0730 e. The van der Waals surface area contributed by atoms with Crippen molar-refractivity contribution < 1.29 is 0 Å². The van der Waals surface area contributed by atoms with Crippen molar-refractivity contribution in [1.29, 1.82) is 0 Å². The maximum atomic E-state index is 4.77. The Kier molecular flexibility index (Phi) is 7.04. The van der Waals surface area contributed by atoms with E-state index >= 15 is 0 Å². The molecule has 4 heteroatoms. The molecule has 0 amide bonds. The van der Waals surface area contributed by atoms with Gasteiger partial charge in [-0.1, -0.05) is 48.5 Å². The van der Waals surface area contributed by atoms with Gasteiger partial charge in [0.05, 0.1) is 11.2 Å². The van der Waals surface area contributed by atoms with Gasteiger partial charge in [-0.2, -0.15) is 0 Å². The molecule has 2 aromatic carbocycles. The molecular weight excluding hydrogens is 404 g/mol. The van der Waals surface area contributed by atoms with Crippen molar-refractivity contribution in [2.45, 2.75) is 19.9 Å². The third-order valence-electron chi connectivity index (χ3n) is 3.23. The van der Waals surface area contributed by atoms with Gasteiger partial charge in [-0.15, -0.1) is 34.0 Å². The summed E-state index contributed by atoms with van der Waals surface area (Å²) in [6, 6.07) is 21.1. The Morgan fingerprint density at radius 1 is 0.864 bits per heavy atom. The normalized spacial score (nSPS) is 9.95. The average Bonchev–Trinajstić information content (AvgIpc) is 2.47. The molecular formula is C18H20Br2N2. The lowest BCUT2D eigenvalue weighted by Crippen LogP contribution is -2.10. The molecule has 3 rings (SSSR count). The number of hydrogen-bond donors (Lipinski definition) is 1. The zero-order chi connectivity index (χ0) is 13.9. The molecule has 0 aliphatic rings. The van der Waals surface area contributed by atoms with E-state index in [4.69, 9.17) is 4.98 Å². The van der Waals surface area contributed by atoms with E-state index in [1.165, 1.54) is 5.39 Å². The summed E-state index contributed by atoms with van der Waals surface area (Å²) in [4.78, 5) is 4.77. The fraction of sp³-hybridized carbons (Fsp3) is 0.167. The SMILES string of the molecule is Br.Br.CC(C)Nc1cc(-c2ccccc2)nc2ccccc12. The predicted octanol–water partition coefficient (Wildman–Crippen LogP) is 5.88. The molecule has 1 aromatic heterocycles. The summed E-state index contributed by atoms with van der Waals surface area (Å²) < 4.78 is 0. The molecule has 0 fully saturated rings. The van der Waals surface area contributed by atoms with Crippen molar-refractivity contribution in [3.05, 3.63) is 60.7 Å². The molecule has 2 nitrogen and oxygen atoms in total. The van der Waals surface area contributed by atoms with Crippen molar-refractivity contribution in [1.82, 2.24) is 4.98 Å². The number of pyridine rings is 1. The lowest BCUT2D eigenvalue weighted by atomic mass is 10.1. The molecule has 0 saturated carbocycles. The molecule has 0 atom stereocenters. The Morgan fingerprint density at radius 2 is 1.50 bits per heavy atom. The van der Waals surface area contributed by atoms with Crippen LogP contribution in [0.3, 0.4) is 0 Å². The molecule has 0 bridgehead atoms. The minimum atomic E-state index is 0. The fourth-order valence-corrected chi connectivity index (χ4v) is 2.36. The largest absolute Gasteiger partial charge is 0.382 e. The van der Waals surface area contributed by atoms with Gasteiger partial charge in [0.25, 0.3) is 0 Å². The van der Waals surface area contributed by atoms with E-state index < -0.39 is 0 Å². The highest BCUT2D eigenvalue weighted by Gasteiger charge is 2.07. The van der Waals surface area contributed by atoms with Crippen molar-refractivity contribution in [3.63, 3.8) is 0 Å². The Morgan fingerprint density at radius 3 is 2.18 bits per heavy atom. The van der Waals surface area contributed by atoms with E-state index in [1.807, 2.05) is 24.3 Å². The lowest BCUT2D eigenvalue weighted by Gasteiger charge is -2.14. The number of anilines is 1. The quantitative estimate of drug-likeness (QED) is 0.568. The van der Waals surface area contributed by atoms with E-state index in [0.29, 0.717) is 6.04 Å². The maximum absolute atomic E-state index is 4.77. The Hall–Kier alpha value is -1.39. The van der Waals surface area contributed by atoms with Crippen LogP contribution in [0.5, 0.6) is 0 Å². The van der Waals surface area contributed by atoms with Crippen molar-refractivity contribution in [2.75, 3.05) is 5.32 Å². The van der Waals surface area contributed by atoms with Gasteiger partial charge in [-0.05, 0) is 26.0 Å². The van der Waals surface area contributed by atoms with Crippen LogP contribution >= 0.6 is 34.0 Å². The van der Waals surface area contributed by atoms with Gasteiger partial charge in [-0.25, -0.2) is 4.98 Å². The third-order valence-corrected chi connectivity index (χ3v) is 3.23. The van der Waals surface area contributed by atoms with E-state index in [0.717, 1.165) is 22.5 Å². The van der Waals surface area contributed by atoms with Gasteiger partial charge in [0, 0.05) is 22.7 Å². The number of nitrogens with one attached hydrogen (secondary N) is 1. The van der Waals surface area contributed by atoms with Crippen molar-refractivity contribution >= 4 is 50.6 Å². The molecule has 0 aliphatic carbocycles. The van der Waals surface area contributed by atoms with Gasteiger partial charge in [0.15, 0.2) is 0 Å². The number of aromatic nitrogens is 1. The first-order valence-electron chi connectivity index (χ1n) is 6.96. The summed E-state index contributed by atoms with van der Waals surface area (Å²) in [5, 5.41) is 4.69. The zero-order valence-electron chi connectivity index (χ0n) is 12.6. The molecule has 3 aromatic rings. The highest BCUT2D eigenvalue weighted by molar-refractivity contribution is 8.93. The van der Waals surface area contributed by atoms with Gasteiger partial charge in [-0.3, -0.25) is 0 Å². The summed E-state index contributed by atoms with van der Waals surface area (Å²) in [5.41, 5.74) is 4.32. The highest BCUT2D eigenvalue weighted by Crippen LogP contribution is 2.28. The van der Waals surface area contributed by atoms with E-state index in [-0.39, 0.29) is 34.0 Å². The van der Waals surface area contributed by atoms with Crippen LogP contribution in [0.4, 0.5) is 5.69 Å². The van der Waals surface area contributed by atoms with Crippen molar-refractivity contribution in [3.8, 4) is 11.3 Å². The van der Waals surface area contributed by atoms with E-state index in [1.54, 1.807) is 0 Å². The van der Waals surface area contributed by atoms with E-state index in [2.05, 4.69) is 55.6 Å². The first-order chi connectivity index (χ1) is 9.74. The van der Waals surface area contributed by atoms with Crippen LogP contribution in [-0.4, -0.2) is 11.0 Å². The van der Waals surface area contributed by atoms with Gasteiger partial charge in [0.1, 0.15) is 0 Å². The molecule has 0 unspecified atom stereocenters. The summed E-state index contributed by atoms with van der Waals surface area (Å²) in [5.74, 6) is 0. The summed E-state index contributed by atoms with van der Waals surface area (Å²) in [6.07, 6.45) is 0. The second-order valence-electron chi connectivity index (χ2n) is 5.24. The van der Waals surface area contributed by atoms with Gasteiger partial charge >= 0.3 is 0 Å². The number of para-hydroxylation sites is 1. The van der Waals surface area contributed by atoms with Crippen LogP contribution in [0.1, 0.15) is 13.8 Å². The first kappa shape index (κ1) is 18.7. The second-order valence-corrected chi connectivity index (χ2v) is 5.24.